The summed E-state index contributed by atoms with van der Waals surface area (Å²) in [4.78, 5) is 11.1. The predicted octanol–water partition coefficient (Wildman–Crippen LogP) is 0.385. The Balaban J connectivity index is 3.10. The van der Waals surface area contributed by atoms with Crippen LogP contribution < -0.4 is 10.6 Å². The first-order valence-electron chi connectivity index (χ1n) is 5.16. The molecule has 14 heavy (non-hydrogen) atoms. The Bertz CT molecular complexity index is 149. The Morgan fingerprint density at radius 1 is 1.29 bits per heavy atom. The SMILES string of the molecule is COCCCNCCNC(=O)C(C)C. The van der Waals surface area contributed by atoms with Gasteiger partial charge in [-0.3, -0.25) is 4.79 Å². The molecule has 0 saturated heterocycles. The number of methoxy groups -OCH3 is 1. The van der Waals surface area contributed by atoms with E-state index in [0.717, 1.165) is 26.1 Å². The van der Waals surface area contributed by atoms with Crippen LogP contribution in [-0.4, -0.2) is 39.3 Å². The van der Waals surface area contributed by atoms with E-state index in [4.69, 9.17) is 4.74 Å². The first kappa shape index (κ1) is 13.4. The van der Waals surface area contributed by atoms with Gasteiger partial charge in [-0.1, -0.05) is 13.8 Å². The molecule has 0 aliphatic carbocycles. The maximum absolute atomic E-state index is 11.1. The molecule has 0 radical (unpaired) electrons. The Morgan fingerprint density at radius 3 is 2.57 bits per heavy atom. The van der Waals surface area contributed by atoms with Gasteiger partial charge in [-0.2, -0.15) is 0 Å². The molecule has 0 saturated carbocycles. The van der Waals surface area contributed by atoms with E-state index in [9.17, 15) is 4.79 Å². The van der Waals surface area contributed by atoms with Crippen molar-refractivity contribution in [1.82, 2.24) is 10.6 Å². The monoisotopic (exact) mass is 202 g/mol. The Kier molecular flexibility index (Phi) is 8.57. The van der Waals surface area contributed by atoms with E-state index < -0.39 is 0 Å². The minimum atomic E-state index is 0.0727. The van der Waals surface area contributed by atoms with E-state index in [1.165, 1.54) is 0 Å². The van der Waals surface area contributed by atoms with Gasteiger partial charge in [0.25, 0.3) is 0 Å². The zero-order valence-electron chi connectivity index (χ0n) is 9.43. The molecule has 0 rings (SSSR count). The highest BCUT2D eigenvalue weighted by Gasteiger charge is 2.03. The van der Waals surface area contributed by atoms with Crippen LogP contribution in [0, 0.1) is 5.92 Å². The number of carbonyl (C=O) groups excluding carboxylic acids is 1. The molecule has 0 fully saturated rings. The number of hydrogen-bond donors (Lipinski definition) is 2. The molecule has 0 bridgehead atoms. The fourth-order valence-electron chi connectivity index (χ4n) is 0.945. The Morgan fingerprint density at radius 2 is 2.00 bits per heavy atom. The summed E-state index contributed by atoms with van der Waals surface area (Å²) in [6, 6.07) is 0. The summed E-state index contributed by atoms with van der Waals surface area (Å²) in [6.45, 7) is 7.02. The predicted molar refractivity (Wildman–Crippen MR) is 57.2 cm³/mol. The zero-order valence-corrected chi connectivity index (χ0v) is 9.43. The number of rotatable bonds is 8. The van der Waals surface area contributed by atoms with Crippen molar-refractivity contribution in [2.75, 3.05) is 33.4 Å². The van der Waals surface area contributed by atoms with Gasteiger partial charge in [0.2, 0.25) is 5.91 Å². The molecule has 0 atom stereocenters. The summed E-state index contributed by atoms with van der Waals surface area (Å²) in [5.41, 5.74) is 0. The summed E-state index contributed by atoms with van der Waals surface area (Å²) < 4.78 is 4.91. The summed E-state index contributed by atoms with van der Waals surface area (Å²) >= 11 is 0. The molecular weight excluding hydrogens is 180 g/mol. The van der Waals surface area contributed by atoms with Gasteiger partial charge in [0, 0.05) is 32.7 Å². The van der Waals surface area contributed by atoms with Gasteiger partial charge in [0.1, 0.15) is 0 Å². The van der Waals surface area contributed by atoms with Gasteiger partial charge in [-0.15, -0.1) is 0 Å². The lowest BCUT2D eigenvalue weighted by atomic mass is 10.2. The molecule has 0 aromatic rings. The number of ether oxygens (including phenoxy) is 1. The highest BCUT2D eigenvalue weighted by atomic mass is 16.5. The average molecular weight is 202 g/mol. The van der Waals surface area contributed by atoms with Crippen molar-refractivity contribution in [1.29, 1.82) is 0 Å². The minimum absolute atomic E-state index is 0.0727. The van der Waals surface area contributed by atoms with Crippen molar-refractivity contribution in [2.45, 2.75) is 20.3 Å². The summed E-state index contributed by atoms with van der Waals surface area (Å²) in [7, 11) is 1.70. The third kappa shape index (κ3) is 8.01. The minimum Gasteiger partial charge on any atom is -0.385 e. The van der Waals surface area contributed by atoms with Crippen molar-refractivity contribution in [3.05, 3.63) is 0 Å². The van der Waals surface area contributed by atoms with E-state index in [2.05, 4.69) is 10.6 Å². The first-order chi connectivity index (χ1) is 6.68. The van der Waals surface area contributed by atoms with Gasteiger partial charge in [-0.05, 0) is 13.0 Å². The van der Waals surface area contributed by atoms with Crippen LogP contribution in [-0.2, 0) is 9.53 Å². The molecule has 1 amide bonds. The molecule has 0 aromatic carbocycles. The van der Waals surface area contributed by atoms with Crippen LogP contribution in [0.4, 0.5) is 0 Å². The first-order valence-corrected chi connectivity index (χ1v) is 5.16. The standard InChI is InChI=1S/C10H22N2O2/c1-9(2)10(13)12-7-6-11-5-4-8-14-3/h9,11H,4-8H2,1-3H3,(H,12,13). The number of carbonyl (C=O) groups is 1. The highest BCUT2D eigenvalue weighted by Crippen LogP contribution is 1.88. The third-order valence-corrected chi connectivity index (χ3v) is 1.83. The molecule has 0 spiro atoms. The third-order valence-electron chi connectivity index (χ3n) is 1.83. The van der Waals surface area contributed by atoms with Crippen molar-refractivity contribution in [3.8, 4) is 0 Å². The largest absolute Gasteiger partial charge is 0.385 e. The van der Waals surface area contributed by atoms with Crippen LogP contribution in [0.1, 0.15) is 20.3 Å². The molecule has 0 unspecified atom stereocenters. The Labute approximate surface area is 86.4 Å². The summed E-state index contributed by atoms with van der Waals surface area (Å²) in [6.07, 6.45) is 1.01. The van der Waals surface area contributed by atoms with Gasteiger partial charge in [-0.25, -0.2) is 0 Å². The van der Waals surface area contributed by atoms with E-state index in [-0.39, 0.29) is 11.8 Å². The molecule has 0 aromatic heterocycles. The van der Waals surface area contributed by atoms with Gasteiger partial charge in [0.05, 0.1) is 0 Å². The smallest absolute Gasteiger partial charge is 0.222 e. The number of nitrogens with one attached hydrogen (secondary N) is 2. The van der Waals surface area contributed by atoms with Crippen LogP contribution >= 0.6 is 0 Å². The van der Waals surface area contributed by atoms with Gasteiger partial charge < -0.3 is 15.4 Å². The van der Waals surface area contributed by atoms with Crippen molar-refractivity contribution in [3.63, 3.8) is 0 Å². The molecule has 0 aliphatic rings. The second kappa shape index (κ2) is 8.97. The van der Waals surface area contributed by atoms with E-state index in [1.54, 1.807) is 7.11 Å². The lowest BCUT2D eigenvalue weighted by Gasteiger charge is -2.08. The van der Waals surface area contributed by atoms with E-state index >= 15 is 0 Å². The van der Waals surface area contributed by atoms with E-state index in [1.807, 2.05) is 13.8 Å². The second-order valence-corrected chi connectivity index (χ2v) is 3.54. The molecule has 0 aliphatic heterocycles. The maximum Gasteiger partial charge on any atom is 0.222 e. The summed E-state index contributed by atoms with van der Waals surface area (Å²) in [5, 5.41) is 6.06. The average Bonchev–Trinajstić information content (AvgIpc) is 2.16. The van der Waals surface area contributed by atoms with Crippen LogP contribution in [0.5, 0.6) is 0 Å². The zero-order chi connectivity index (χ0) is 10.8. The fourth-order valence-corrected chi connectivity index (χ4v) is 0.945. The van der Waals surface area contributed by atoms with Crippen molar-refractivity contribution >= 4 is 5.91 Å². The second-order valence-electron chi connectivity index (χ2n) is 3.54. The number of hydrogen-bond acceptors (Lipinski definition) is 3. The quantitative estimate of drug-likeness (QED) is 0.560. The highest BCUT2D eigenvalue weighted by molar-refractivity contribution is 5.77. The van der Waals surface area contributed by atoms with Crippen LogP contribution in [0.15, 0.2) is 0 Å². The van der Waals surface area contributed by atoms with Crippen molar-refractivity contribution in [2.24, 2.45) is 5.92 Å². The lowest BCUT2D eigenvalue weighted by Crippen LogP contribution is -2.34. The molecular formula is C10H22N2O2. The number of amides is 1. The van der Waals surface area contributed by atoms with Gasteiger partial charge >= 0.3 is 0 Å². The topological polar surface area (TPSA) is 50.4 Å². The summed E-state index contributed by atoms with van der Waals surface area (Å²) in [5.74, 6) is 0.187. The van der Waals surface area contributed by atoms with Crippen LogP contribution in [0.3, 0.4) is 0 Å². The van der Waals surface area contributed by atoms with Gasteiger partial charge in [0.15, 0.2) is 0 Å². The fraction of sp³-hybridized carbons (Fsp3) is 0.900. The molecule has 4 nitrogen and oxygen atoms in total. The normalized spacial score (nSPS) is 10.6. The molecule has 84 valence electrons. The molecule has 2 N–H and O–H groups in total. The van der Waals surface area contributed by atoms with Crippen LogP contribution in [0.2, 0.25) is 0 Å². The molecule has 4 heteroatoms. The lowest BCUT2D eigenvalue weighted by molar-refractivity contribution is -0.123. The molecule has 0 heterocycles. The maximum atomic E-state index is 11.1. The van der Waals surface area contributed by atoms with E-state index in [0.29, 0.717) is 6.54 Å². The van der Waals surface area contributed by atoms with Crippen molar-refractivity contribution < 1.29 is 9.53 Å². The van der Waals surface area contributed by atoms with Crippen LogP contribution in [0.25, 0.3) is 0 Å². The Hall–Kier alpha value is -0.610.